The monoisotopic (exact) mass is 311 g/mol. The van der Waals surface area contributed by atoms with Crippen LogP contribution >= 0.6 is 11.6 Å². The number of nitrogens with two attached hydrogens (primary N) is 1. The molecule has 1 rings (SSSR count). The Balaban J connectivity index is 2.80. The molecule has 1 aromatic rings. The topological polar surface area (TPSA) is 78.6 Å². The Morgan fingerprint density at radius 3 is 2.67 bits per heavy atom. The molecule has 114 valence electrons. The van der Waals surface area contributed by atoms with Crippen molar-refractivity contribution in [3.63, 3.8) is 0 Å². The van der Waals surface area contributed by atoms with Crippen LogP contribution < -0.4 is 5.73 Å². The van der Waals surface area contributed by atoms with Crippen LogP contribution in [0, 0.1) is 0 Å². The highest BCUT2D eigenvalue weighted by atomic mass is 35.5. The van der Waals surface area contributed by atoms with Gasteiger partial charge >= 0.3 is 11.9 Å². The number of anilines is 1. The van der Waals surface area contributed by atoms with E-state index < -0.39 is 17.5 Å². The van der Waals surface area contributed by atoms with E-state index in [9.17, 15) is 9.59 Å². The number of benzene rings is 1. The fraction of sp³-hybridized carbons (Fsp3) is 0.333. The molecule has 0 aliphatic rings. The van der Waals surface area contributed by atoms with Crippen LogP contribution in [0.2, 0.25) is 5.02 Å². The second-order valence-corrected chi connectivity index (χ2v) is 5.21. The summed E-state index contributed by atoms with van der Waals surface area (Å²) in [6.07, 6.45) is 3.42. The fourth-order valence-corrected chi connectivity index (χ4v) is 1.62. The highest BCUT2D eigenvalue weighted by molar-refractivity contribution is 6.33. The van der Waals surface area contributed by atoms with E-state index in [0.717, 1.165) is 0 Å². The zero-order valence-electron chi connectivity index (χ0n) is 12.2. The zero-order valence-corrected chi connectivity index (χ0v) is 12.9. The van der Waals surface area contributed by atoms with E-state index in [0.29, 0.717) is 5.69 Å². The summed E-state index contributed by atoms with van der Waals surface area (Å²) >= 11 is 5.92. The molecular formula is C15H18ClNO4. The lowest BCUT2D eigenvalue weighted by Crippen LogP contribution is -2.39. The number of hydrogen-bond acceptors (Lipinski definition) is 5. The molecule has 0 unspecified atom stereocenters. The number of allylic oxidation sites excluding steroid dienone is 1. The van der Waals surface area contributed by atoms with Crippen LogP contribution in [0.4, 0.5) is 5.69 Å². The van der Waals surface area contributed by atoms with Crippen LogP contribution in [-0.2, 0) is 14.3 Å². The second-order valence-electron chi connectivity index (χ2n) is 4.81. The highest BCUT2D eigenvalue weighted by Gasteiger charge is 2.34. The van der Waals surface area contributed by atoms with Crippen molar-refractivity contribution in [1.82, 2.24) is 0 Å². The minimum absolute atomic E-state index is 0.103. The van der Waals surface area contributed by atoms with E-state index in [1.165, 1.54) is 26.0 Å². The van der Waals surface area contributed by atoms with E-state index in [-0.39, 0.29) is 17.2 Å². The van der Waals surface area contributed by atoms with Crippen LogP contribution in [0.25, 0.3) is 0 Å². The largest absolute Gasteiger partial charge is 0.459 e. The molecule has 1 aromatic carbocycles. The van der Waals surface area contributed by atoms with E-state index in [1.54, 1.807) is 25.1 Å². The lowest BCUT2D eigenvalue weighted by molar-refractivity contribution is -0.161. The Morgan fingerprint density at radius 2 is 2.05 bits per heavy atom. The van der Waals surface area contributed by atoms with E-state index in [1.807, 2.05) is 0 Å². The van der Waals surface area contributed by atoms with Crippen molar-refractivity contribution in [1.29, 1.82) is 0 Å². The molecular weight excluding hydrogens is 294 g/mol. The number of halogens is 1. The maximum Gasteiger partial charge on any atom is 0.350 e. The number of nitrogen functional groups attached to an aromatic ring is 1. The van der Waals surface area contributed by atoms with Crippen molar-refractivity contribution in [3.8, 4) is 0 Å². The standard InChI is InChI=1S/C15H18ClNO4/c1-4-5-8-20-14(19)15(2,3)21-13(18)11-9-10(17)6-7-12(11)16/h4-7,9H,8,17H2,1-3H3/b5-4+. The maximum atomic E-state index is 12.1. The van der Waals surface area contributed by atoms with Gasteiger partial charge < -0.3 is 15.2 Å². The van der Waals surface area contributed by atoms with Crippen molar-refractivity contribution in [2.75, 3.05) is 12.3 Å². The summed E-state index contributed by atoms with van der Waals surface area (Å²) in [5.41, 5.74) is 4.66. The molecule has 0 amide bonds. The quantitative estimate of drug-likeness (QED) is 0.514. The smallest absolute Gasteiger partial charge is 0.350 e. The van der Waals surface area contributed by atoms with Crippen molar-refractivity contribution < 1.29 is 19.1 Å². The molecule has 0 spiro atoms. The molecule has 5 nitrogen and oxygen atoms in total. The third-order valence-corrected chi connectivity index (χ3v) is 2.93. The first-order valence-corrected chi connectivity index (χ1v) is 6.72. The molecule has 0 atom stereocenters. The molecule has 6 heteroatoms. The molecule has 0 saturated heterocycles. The van der Waals surface area contributed by atoms with Crippen molar-refractivity contribution in [2.45, 2.75) is 26.4 Å². The number of carbonyl (C=O) groups is 2. The first kappa shape index (κ1) is 17.0. The maximum absolute atomic E-state index is 12.1. The molecule has 0 aliphatic heterocycles. The molecule has 0 bridgehead atoms. The van der Waals surface area contributed by atoms with Gasteiger partial charge in [0.05, 0.1) is 10.6 Å². The Bertz CT molecular complexity index is 567. The molecule has 0 radical (unpaired) electrons. The van der Waals surface area contributed by atoms with Gasteiger partial charge in [0.2, 0.25) is 5.60 Å². The Labute approximate surface area is 128 Å². The molecule has 0 heterocycles. The van der Waals surface area contributed by atoms with Crippen molar-refractivity contribution in [2.24, 2.45) is 0 Å². The minimum Gasteiger partial charge on any atom is -0.459 e. The molecule has 0 aromatic heterocycles. The predicted molar refractivity (Wildman–Crippen MR) is 81.1 cm³/mol. The predicted octanol–water partition coefficient (Wildman–Crippen LogP) is 2.98. The van der Waals surface area contributed by atoms with Gasteiger partial charge in [-0.15, -0.1) is 0 Å². The van der Waals surface area contributed by atoms with Gasteiger partial charge in [0.25, 0.3) is 0 Å². The van der Waals surface area contributed by atoms with E-state index in [2.05, 4.69) is 0 Å². The number of hydrogen-bond donors (Lipinski definition) is 1. The number of carbonyl (C=O) groups excluding carboxylic acids is 2. The Hall–Kier alpha value is -2.01. The fourth-order valence-electron chi connectivity index (χ4n) is 1.42. The summed E-state index contributed by atoms with van der Waals surface area (Å²) in [5, 5.41) is 0.201. The van der Waals surface area contributed by atoms with Crippen LogP contribution in [0.15, 0.2) is 30.4 Å². The van der Waals surface area contributed by atoms with E-state index >= 15 is 0 Å². The average molecular weight is 312 g/mol. The Morgan fingerprint density at radius 1 is 1.38 bits per heavy atom. The molecule has 0 saturated carbocycles. The highest BCUT2D eigenvalue weighted by Crippen LogP contribution is 2.22. The number of ether oxygens (including phenoxy) is 2. The summed E-state index contributed by atoms with van der Waals surface area (Å²) < 4.78 is 10.2. The third kappa shape index (κ3) is 4.79. The lowest BCUT2D eigenvalue weighted by Gasteiger charge is -2.23. The van der Waals surface area contributed by atoms with Gasteiger partial charge in [0.15, 0.2) is 0 Å². The van der Waals surface area contributed by atoms with Gasteiger partial charge in [-0.2, -0.15) is 0 Å². The van der Waals surface area contributed by atoms with Gasteiger partial charge in [-0.3, -0.25) is 0 Å². The van der Waals surface area contributed by atoms with Gasteiger partial charge in [0.1, 0.15) is 6.61 Å². The molecule has 2 N–H and O–H groups in total. The van der Waals surface area contributed by atoms with Crippen molar-refractivity contribution >= 4 is 29.2 Å². The lowest BCUT2D eigenvalue weighted by atomic mass is 10.1. The SMILES string of the molecule is C/C=C/COC(=O)C(C)(C)OC(=O)c1cc(N)ccc1Cl. The zero-order chi connectivity index (χ0) is 16.0. The minimum atomic E-state index is -1.42. The summed E-state index contributed by atoms with van der Waals surface area (Å²) in [5.74, 6) is -1.38. The van der Waals surface area contributed by atoms with Gasteiger partial charge in [0, 0.05) is 5.69 Å². The number of esters is 2. The van der Waals surface area contributed by atoms with Crippen LogP contribution in [0.3, 0.4) is 0 Å². The third-order valence-electron chi connectivity index (χ3n) is 2.60. The van der Waals surface area contributed by atoms with Gasteiger partial charge in [-0.25, -0.2) is 9.59 Å². The normalized spacial score (nSPS) is 11.4. The van der Waals surface area contributed by atoms with Crippen LogP contribution in [0.5, 0.6) is 0 Å². The van der Waals surface area contributed by atoms with Gasteiger partial charge in [-0.05, 0) is 39.0 Å². The first-order valence-electron chi connectivity index (χ1n) is 6.34. The Kier molecular flexibility index (Phi) is 5.79. The van der Waals surface area contributed by atoms with E-state index in [4.69, 9.17) is 26.8 Å². The summed E-state index contributed by atoms with van der Waals surface area (Å²) in [4.78, 5) is 24.0. The average Bonchev–Trinajstić information content (AvgIpc) is 2.41. The van der Waals surface area contributed by atoms with Gasteiger partial charge in [-0.1, -0.05) is 23.8 Å². The van der Waals surface area contributed by atoms with Crippen LogP contribution in [-0.4, -0.2) is 24.1 Å². The van der Waals surface area contributed by atoms with Crippen molar-refractivity contribution in [3.05, 3.63) is 40.9 Å². The summed E-state index contributed by atoms with van der Waals surface area (Å²) in [7, 11) is 0. The molecule has 0 aliphatic carbocycles. The molecule has 0 fully saturated rings. The first-order chi connectivity index (χ1) is 9.77. The summed E-state index contributed by atoms with van der Waals surface area (Å²) in [6.45, 7) is 4.82. The molecule has 21 heavy (non-hydrogen) atoms. The van der Waals surface area contributed by atoms with Crippen LogP contribution in [0.1, 0.15) is 31.1 Å². The number of rotatable bonds is 5. The summed E-state index contributed by atoms with van der Waals surface area (Å²) in [6, 6.07) is 4.45. The second kappa shape index (κ2) is 7.13.